The Labute approximate surface area is 122 Å². The van der Waals surface area contributed by atoms with Gasteiger partial charge in [0, 0.05) is 18.7 Å². The predicted molar refractivity (Wildman–Crippen MR) is 75.0 cm³/mol. The average molecular weight is 291 g/mol. The third kappa shape index (κ3) is 3.46. The lowest BCUT2D eigenvalue weighted by atomic mass is 10.2. The molecule has 2 aromatic rings. The van der Waals surface area contributed by atoms with Crippen LogP contribution in [-0.4, -0.2) is 40.3 Å². The topological polar surface area (TPSA) is 51.4 Å². The van der Waals surface area contributed by atoms with Crippen LogP contribution in [-0.2, 0) is 11.3 Å². The maximum absolute atomic E-state index is 12.9. The first-order chi connectivity index (χ1) is 10.1. The monoisotopic (exact) mass is 291 g/mol. The molecule has 0 bridgehead atoms. The summed E-state index contributed by atoms with van der Waals surface area (Å²) < 4.78 is 23.9. The summed E-state index contributed by atoms with van der Waals surface area (Å²) in [5, 5.41) is 3.95. The summed E-state index contributed by atoms with van der Waals surface area (Å²) in [7, 11) is 0. The number of rotatable bonds is 3. The molecule has 21 heavy (non-hydrogen) atoms. The van der Waals surface area contributed by atoms with E-state index >= 15 is 0 Å². The Hall–Kier alpha value is -1.79. The van der Waals surface area contributed by atoms with Crippen molar-refractivity contribution in [2.45, 2.75) is 32.6 Å². The minimum absolute atomic E-state index is 0.202. The fraction of sp³-hybridized carbons (Fsp3) is 0.467. The van der Waals surface area contributed by atoms with Crippen LogP contribution in [0, 0.1) is 5.82 Å². The van der Waals surface area contributed by atoms with Gasteiger partial charge in [-0.25, -0.2) is 4.39 Å². The van der Waals surface area contributed by atoms with Gasteiger partial charge >= 0.3 is 0 Å². The number of halogens is 1. The van der Waals surface area contributed by atoms with E-state index in [0.29, 0.717) is 18.3 Å². The third-order valence-corrected chi connectivity index (χ3v) is 3.42. The van der Waals surface area contributed by atoms with Gasteiger partial charge in [0.25, 0.3) is 0 Å². The molecule has 0 aliphatic carbocycles. The van der Waals surface area contributed by atoms with Gasteiger partial charge in [0.2, 0.25) is 11.7 Å². The molecule has 0 N–H and O–H groups in total. The molecular formula is C15H18FN3O2. The quantitative estimate of drug-likeness (QED) is 0.869. The van der Waals surface area contributed by atoms with Gasteiger partial charge in [0.05, 0.1) is 18.8 Å². The zero-order valence-electron chi connectivity index (χ0n) is 12.1. The SMILES string of the molecule is CC1CN(Cc2nc(-c3ccc(F)cc3)no2)CC(C)O1. The van der Waals surface area contributed by atoms with Gasteiger partial charge in [-0.3, -0.25) is 4.90 Å². The lowest BCUT2D eigenvalue weighted by Gasteiger charge is -2.34. The molecule has 6 heteroatoms. The third-order valence-electron chi connectivity index (χ3n) is 3.42. The maximum atomic E-state index is 12.9. The van der Waals surface area contributed by atoms with Crippen molar-refractivity contribution in [2.75, 3.05) is 13.1 Å². The van der Waals surface area contributed by atoms with Crippen molar-refractivity contribution in [3.05, 3.63) is 36.0 Å². The van der Waals surface area contributed by atoms with E-state index in [1.807, 2.05) is 0 Å². The number of hydrogen-bond donors (Lipinski definition) is 0. The summed E-state index contributed by atoms with van der Waals surface area (Å²) in [5.74, 6) is 0.772. The van der Waals surface area contributed by atoms with E-state index in [1.165, 1.54) is 12.1 Å². The van der Waals surface area contributed by atoms with E-state index in [1.54, 1.807) is 12.1 Å². The van der Waals surface area contributed by atoms with Gasteiger partial charge in [-0.2, -0.15) is 4.98 Å². The normalized spacial score (nSPS) is 23.4. The number of ether oxygens (including phenoxy) is 1. The van der Waals surface area contributed by atoms with Gasteiger partial charge in [0.15, 0.2) is 0 Å². The average Bonchev–Trinajstić information content (AvgIpc) is 2.87. The van der Waals surface area contributed by atoms with Crippen LogP contribution in [0.2, 0.25) is 0 Å². The van der Waals surface area contributed by atoms with E-state index in [9.17, 15) is 4.39 Å². The van der Waals surface area contributed by atoms with Crippen LogP contribution in [0.1, 0.15) is 19.7 Å². The summed E-state index contributed by atoms with van der Waals surface area (Å²) in [6.07, 6.45) is 0.404. The van der Waals surface area contributed by atoms with Crippen molar-refractivity contribution in [1.29, 1.82) is 0 Å². The molecule has 1 aliphatic rings. The van der Waals surface area contributed by atoms with Crippen molar-refractivity contribution in [3.8, 4) is 11.4 Å². The molecule has 1 aromatic heterocycles. The second-order valence-electron chi connectivity index (χ2n) is 5.47. The Morgan fingerprint density at radius 2 is 1.86 bits per heavy atom. The molecule has 2 atom stereocenters. The van der Waals surface area contributed by atoms with Gasteiger partial charge in [-0.1, -0.05) is 5.16 Å². The molecule has 0 radical (unpaired) electrons. The summed E-state index contributed by atoms with van der Waals surface area (Å²) in [6.45, 7) is 6.41. The number of nitrogens with zero attached hydrogens (tertiary/aromatic N) is 3. The highest BCUT2D eigenvalue weighted by Gasteiger charge is 2.23. The first-order valence-corrected chi connectivity index (χ1v) is 7.06. The number of morpholine rings is 1. The van der Waals surface area contributed by atoms with Crippen LogP contribution in [0.4, 0.5) is 4.39 Å². The Morgan fingerprint density at radius 1 is 1.19 bits per heavy atom. The first-order valence-electron chi connectivity index (χ1n) is 7.06. The van der Waals surface area contributed by atoms with Crippen molar-refractivity contribution >= 4 is 0 Å². The Balaban J connectivity index is 1.69. The van der Waals surface area contributed by atoms with Gasteiger partial charge in [0.1, 0.15) is 5.82 Å². The maximum Gasteiger partial charge on any atom is 0.241 e. The molecule has 5 nitrogen and oxygen atoms in total. The Kier molecular flexibility index (Phi) is 3.98. The van der Waals surface area contributed by atoms with E-state index in [0.717, 1.165) is 18.7 Å². The largest absolute Gasteiger partial charge is 0.373 e. The van der Waals surface area contributed by atoms with Crippen molar-refractivity contribution < 1.29 is 13.7 Å². The molecule has 2 heterocycles. The molecule has 1 fully saturated rings. The molecule has 2 unspecified atom stereocenters. The number of benzene rings is 1. The minimum Gasteiger partial charge on any atom is -0.373 e. The molecule has 112 valence electrons. The summed E-state index contributed by atoms with van der Waals surface area (Å²) in [4.78, 5) is 6.61. The van der Waals surface area contributed by atoms with Crippen LogP contribution < -0.4 is 0 Å². The zero-order valence-corrected chi connectivity index (χ0v) is 12.1. The molecule has 0 spiro atoms. The molecule has 0 amide bonds. The molecular weight excluding hydrogens is 273 g/mol. The summed E-state index contributed by atoms with van der Waals surface area (Å²) in [5.41, 5.74) is 0.745. The summed E-state index contributed by atoms with van der Waals surface area (Å²) >= 11 is 0. The molecule has 1 saturated heterocycles. The van der Waals surface area contributed by atoms with Crippen LogP contribution in [0.15, 0.2) is 28.8 Å². The fourth-order valence-electron chi connectivity index (χ4n) is 2.64. The van der Waals surface area contributed by atoms with E-state index in [4.69, 9.17) is 9.26 Å². The first kappa shape index (κ1) is 14.2. The van der Waals surface area contributed by atoms with Gasteiger partial charge < -0.3 is 9.26 Å². The highest BCUT2D eigenvalue weighted by atomic mass is 19.1. The highest BCUT2D eigenvalue weighted by Crippen LogP contribution is 2.18. The van der Waals surface area contributed by atoms with E-state index in [2.05, 4.69) is 28.9 Å². The van der Waals surface area contributed by atoms with Crippen molar-refractivity contribution in [3.63, 3.8) is 0 Å². The predicted octanol–water partition coefficient (Wildman–Crippen LogP) is 2.48. The van der Waals surface area contributed by atoms with Crippen molar-refractivity contribution in [1.82, 2.24) is 15.0 Å². The molecule has 1 aromatic carbocycles. The molecule has 3 rings (SSSR count). The smallest absolute Gasteiger partial charge is 0.241 e. The minimum atomic E-state index is -0.279. The van der Waals surface area contributed by atoms with Crippen LogP contribution in [0.5, 0.6) is 0 Å². The van der Waals surface area contributed by atoms with Crippen molar-refractivity contribution in [2.24, 2.45) is 0 Å². The van der Waals surface area contributed by atoms with Crippen LogP contribution in [0.25, 0.3) is 11.4 Å². The van der Waals surface area contributed by atoms with Crippen LogP contribution in [0.3, 0.4) is 0 Å². The lowest BCUT2D eigenvalue weighted by molar-refractivity contribution is -0.0725. The van der Waals surface area contributed by atoms with Crippen LogP contribution >= 0.6 is 0 Å². The number of hydrogen-bond acceptors (Lipinski definition) is 5. The Bertz CT molecular complexity index is 589. The second kappa shape index (κ2) is 5.91. The molecule has 0 saturated carbocycles. The zero-order chi connectivity index (χ0) is 14.8. The Morgan fingerprint density at radius 3 is 2.52 bits per heavy atom. The van der Waals surface area contributed by atoms with E-state index in [-0.39, 0.29) is 18.0 Å². The van der Waals surface area contributed by atoms with E-state index < -0.39 is 0 Å². The number of aromatic nitrogens is 2. The standard InChI is InChI=1S/C15H18FN3O2/c1-10-7-19(8-11(2)20-10)9-14-17-15(18-21-14)12-3-5-13(16)6-4-12/h3-6,10-11H,7-9H2,1-2H3. The molecule has 1 aliphatic heterocycles. The second-order valence-corrected chi connectivity index (χ2v) is 5.47. The lowest BCUT2D eigenvalue weighted by Crippen LogP contribution is -2.44. The fourth-order valence-corrected chi connectivity index (χ4v) is 2.64. The highest BCUT2D eigenvalue weighted by molar-refractivity contribution is 5.53. The van der Waals surface area contributed by atoms with Gasteiger partial charge in [-0.15, -0.1) is 0 Å². The summed E-state index contributed by atoms with van der Waals surface area (Å²) in [6, 6.07) is 6.05. The van der Waals surface area contributed by atoms with Gasteiger partial charge in [-0.05, 0) is 38.1 Å².